The second-order valence-corrected chi connectivity index (χ2v) is 4.11. The quantitative estimate of drug-likeness (QED) is 0.847. The van der Waals surface area contributed by atoms with E-state index in [9.17, 15) is 17.6 Å². The maximum atomic E-state index is 13.0. The Balaban J connectivity index is 0.00000162. The molecule has 0 amide bonds. The van der Waals surface area contributed by atoms with E-state index in [4.69, 9.17) is 10.5 Å². The van der Waals surface area contributed by atoms with Crippen LogP contribution in [0.15, 0.2) is 18.2 Å². The third kappa shape index (κ3) is 3.26. The first-order valence-electron chi connectivity index (χ1n) is 5.15. The maximum Gasteiger partial charge on any atom is 0.419 e. The summed E-state index contributed by atoms with van der Waals surface area (Å²) >= 11 is 0. The Kier molecular flexibility index (Phi) is 4.45. The van der Waals surface area contributed by atoms with Crippen molar-refractivity contribution in [2.24, 2.45) is 5.73 Å². The Morgan fingerprint density at radius 3 is 2.33 bits per heavy atom. The summed E-state index contributed by atoms with van der Waals surface area (Å²) in [5.74, 6) is -1.27. The highest BCUT2D eigenvalue weighted by molar-refractivity contribution is 5.85. The molecule has 7 heteroatoms. The minimum Gasteiger partial charge on any atom is -0.490 e. The number of nitrogens with two attached hydrogens (primary N) is 1. The first-order valence-corrected chi connectivity index (χ1v) is 5.15. The van der Waals surface area contributed by atoms with Crippen LogP contribution in [-0.4, -0.2) is 12.1 Å². The normalized spacial score (nSPS) is 22.9. The second-order valence-electron chi connectivity index (χ2n) is 4.11. The van der Waals surface area contributed by atoms with E-state index >= 15 is 0 Å². The molecule has 0 atom stereocenters. The Labute approximate surface area is 108 Å². The van der Waals surface area contributed by atoms with Crippen molar-refractivity contribution in [1.29, 1.82) is 0 Å². The molecule has 0 heterocycles. The van der Waals surface area contributed by atoms with E-state index in [2.05, 4.69) is 0 Å². The Morgan fingerprint density at radius 1 is 1.22 bits per heavy atom. The van der Waals surface area contributed by atoms with Crippen LogP contribution in [0.5, 0.6) is 5.75 Å². The van der Waals surface area contributed by atoms with Crippen molar-refractivity contribution in [3.8, 4) is 5.75 Å². The van der Waals surface area contributed by atoms with Gasteiger partial charge in [-0.3, -0.25) is 0 Å². The predicted octanol–water partition coefficient (Wildman–Crippen LogP) is 3.13. The number of halogens is 5. The molecule has 18 heavy (non-hydrogen) atoms. The van der Waals surface area contributed by atoms with E-state index in [1.807, 2.05) is 0 Å². The molecular weight excluding hydrogens is 274 g/mol. The predicted molar refractivity (Wildman–Crippen MR) is 60.3 cm³/mol. The minimum absolute atomic E-state index is 0. The summed E-state index contributed by atoms with van der Waals surface area (Å²) in [6.07, 6.45) is -3.66. The van der Waals surface area contributed by atoms with E-state index in [0.717, 1.165) is 6.07 Å². The van der Waals surface area contributed by atoms with Crippen molar-refractivity contribution < 1.29 is 22.3 Å². The first kappa shape index (κ1) is 15.0. The van der Waals surface area contributed by atoms with Gasteiger partial charge in [0, 0.05) is 6.04 Å². The van der Waals surface area contributed by atoms with Gasteiger partial charge in [-0.15, -0.1) is 12.4 Å². The van der Waals surface area contributed by atoms with Crippen LogP contribution in [0.25, 0.3) is 0 Å². The highest BCUT2D eigenvalue weighted by atomic mass is 35.5. The standard InChI is InChI=1S/C11H11F4NO.ClH/c12-10-2-1-7(5-9(10)11(13,14)15)17-8-3-6(16)4-8;/h1-2,5-6,8H,3-4,16H2;1H. The van der Waals surface area contributed by atoms with Gasteiger partial charge < -0.3 is 10.5 Å². The van der Waals surface area contributed by atoms with Crippen molar-refractivity contribution in [2.75, 3.05) is 0 Å². The smallest absolute Gasteiger partial charge is 0.419 e. The van der Waals surface area contributed by atoms with Gasteiger partial charge in [0.05, 0.1) is 5.56 Å². The van der Waals surface area contributed by atoms with Gasteiger partial charge in [0.15, 0.2) is 0 Å². The van der Waals surface area contributed by atoms with E-state index < -0.39 is 17.6 Å². The monoisotopic (exact) mass is 285 g/mol. The van der Waals surface area contributed by atoms with Crippen LogP contribution >= 0.6 is 12.4 Å². The molecule has 1 aliphatic rings. The molecule has 1 aliphatic carbocycles. The highest BCUT2D eigenvalue weighted by Gasteiger charge is 2.35. The van der Waals surface area contributed by atoms with Gasteiger partial charge in [0.2, 0.25) is 0 Å². The van der Waals surface area contributed by atoms with E-state index in [0.29, 0.717) is 18.9 Å². The molecule has 0 radical (unpaired) electrons. The Bertz CT molecular complexity index is 418. The van der Waals surface area contributed by atoms with Crippen LogP contribution in [0.3, 0.4) is 0 Å². The number of rotatable bonds is 2. The third-order valence-electron chi connectivity index (χ3n) is 2.68. The number of hydrogen-bond acceptors (Lipinski definition) is 2. The van der Waals surface area contributed by atoms with Gasteiger partial charge in [-0.25, -0.2) is 4.39 Å². The summed E-state index contributed by atoms with van der Waals surface area (Å²) < 4.78 is 55.5. The lowest BCUT2D eigenvalue weighted by molar-refractivity contribution is -0.140. The summed E-state index contributed by atoms with van der Waals surface area (Å²) in [6.45, 7) is 0. The van der Waals surface area contributed by atoms with Crippen molar-refractivity contribution in [3.05, 3.63) is 29.6 Å². The average molecular weight is 286 g/mol. The van der Waals surface area contributed by atoms with Gasteiger partial charge in [0.25, 0.3) is 0 Å². The fourth-order valence-corrected chi connectivity index (χ4v) is 1.69. The molecule has 1 saturated carbocycles. The first-order chi connectivity index (χ1) is 7.86. The number of benzene rings is 1. The molecule has 1 aromatic rings. The Morgan fingerprint density at radius 2 is 1.83 bits per heavy atom. The molecule has 0 saturated heterocycles. The van der Waals surface area contributed by atoms with Gasteiger partial charge in [-0.1, -0.05) is 0 Å². The molecule has 0 aliphatic heterocycles. The zero-order chi connectivity index (χ0) is 12.6. The van der Waals surface area contributed by atoms with E-state index in [-0.39, 0.29) is 30.3 Å². The lowest BCUT2D eigenvalue weighted by Gasteiger charge is -2.32. The zero-order valence-electron chi connectivity index (χ0n) is 9.21. The van der Waals surface area contributed by atoms with Crippen LogP contribution in [0, 0.1) is 5.82 Å². The molecule has 102 valence electrons. The van der Waals surface area contributed by atoms with Crippen molar-refractivity contribution in [2.45, 2.75) is 31.2 Å². The van der Waals surface area contributed by atoms with Gasteiger partial charge >= 0.3 is 6.18 Å². The molecular formula is C11H12ClF4NO. The molecule has 2 N–H and O–H groups in total. The molecule has 0 bridgehead atoms. The van der Waals surface area contributed by atoms with Crippen LogP contribution in [0.1, 0.15) is 18.4 Å². The summed E-state index contributed by atoms with van der Waals surface area (Å²) in [5.41, 5.74) is 4.22. The maximum absolute atomic E-state index is 13.0. The molecule has 1 aromatic carbocycles. The average Bonchev–Trinajstić information content (AvgIpc) is 2.16. The molecule has 2 nitrogen and oxygen atoms in total. The van der Waals surface area contributed by atoms with Crippen molar-refractivity contribution >= 4 is 12.4 Å². The number of ether oxygens (including phenoxy) is 1. The molecule has 0 spiro atoms. The van der Waals surface area contributed by atoms with Crippen LogP contribution < -0.4 is 10.5 Å². The van der Waals surface area contributed by atoms with Crippen molar-refractivity contribution in [3.63, 3.8) is 0 Å². The van der Waals surface area contributed by atoms with Gasteiger partial charge in [-0.05, 0) is 31.0 Å². The number of alkyl halides is 3. The lowest BCUT2D eigenvalue weighted by Crippen LogP contribution is -2.43. The highest BCUT2D eigenvalue weighted by Crippen LogP contribution is 2.34. The summed E-state index contributed by atoms with van der Waals surface area (Å²) in [4.78, 5) is 0. The molecule has 0 aromatic heterocycles. The molecule has 2 rings (SSSR count). The molecule has 0 unspecified atom stereocenters. The summed E-state index contributed by atoms with van der Waals surface area (Å²) in [6, 6.07) is 2.67. The fourth-order valence-electron chi connectivity index (χ4n) is 1.69. The van der Waals surface area contributed by atoms with Gasteiger partial charge in [0.1, 0.15) is 17.7 Å². The molecule has 1 fully saturated rings. The zero-order valence-corrected chi connectivity index (χ0v) is 10.0. The van der Waals surface area contributed by atoms with Crippen LogP contribution in [-0.2, 0) is 6.18 Å². The van der Waals surface area contributed by atoms with E-state index in [1.165, 1.54) is 6.07 Å². The lowest BCUT2D eigenvalue weighted by atomic mass is 9.90. The van der Waals surface area contributed by atoms with Crippen molar-refractivity contribution in [1.82, 2.24) is 0 Å². The van der Waals surface area contributed by atoms with E-state index in [1.54, 1.807) is 0 Å². The topological polar surface area (TPSA) is 35.2 Å². The van der Waals surface area contributed by atoms with Gasteiger partial charge in [-0.2, -0.15) is 13.2 Å². The largest absolute Gasteiger partial charge is 0.490 e. The fraction of sp³-hybridized carbons (Fsp3) is 0.455. The summed E-state index contributed by atoms with van der Waals surface area (Å²) in [5, 5.41) is 0. The Hall–Kier alpha value is -1.01. The SMILES string of the molecule is Cl.NC1CC(Oc2ccc(F)c(C(F)(F)F)c2)C1. The number of hydrogen-bond donors (Lipinski definition) is 1. The third-order valence-corrected chi connectivity index (χ3v) is 2.68. The van der Waals surface area contributed by atoms with Crippen LogP contribution in [0.4, 0.5) is 17.6 Å². The second kappa shape index (κ2) is 5.32. The summed E-state index contributed by atoms with van der Waals surface area (Å²) in [7, 11) is 0. The minimum atomic E-state index is -4.71. The van der Waals surface area contributed by atoms with Crippen LogP contribution in [0.2, 0.25) is 0 Å².